The van der Waals surface area contributed by atoms with E-state index in [0.717, 1.165) is 24.0 Å². The molecular weight excluding hydrogens is 481 g/mol. The van der Waals surface area contributed by atoms with E-state index in [1.54, 1.807) is 24.3 Å². The minimum Gasteiger partial charge on any atom is -0.373 e. The van der Waals surface area contributed by atoms with Crippen LogP contribution in [0.1, 0.15) is 53.1 Å². The smallest absolute Gasteiger partial charge is 0.225 e. The average Bonchev–Trinajstić information content (AvgIpc) is 2.89. The van der Waals surface area contributed by atoms with Crippen molar-refractivity contribution in [2.75, 3.05) is 0 Å². The Bertz CT molecular complexity index is 1130. The predicted molar refractivity (Wildman–Crippen MR) is 140 cm³/mol. The van der Waals surface area contributed by atoms with Gasteiger partial charge in [-0.25, -0.2) is 0 Å². The largest absolute Gasteiger partial charge is 0.373 e. The number of aliphatic hydroxyl groups excluding tert-OH is 1. The molecule has 4 rings (SSSR count). The van der Waals surface area contributed by atoms with Gasteiger partial charge in [0.25, 0.3) is 0 Å². The number of amides is 1. The van der Waals surface area contributed by atoms with E-state index >= 15 is 0 Å². The summed E-state index contributed by atoms with van der Waals surface area (Å²) in [6, 6.07) is 23.8. The lowest BCUT2D eigenvalue weighted by molar-refractivity contribution is -0.130. The van der Waals surface area contributed by atoms with Crippen LogP contribution >= 0.6 is 23.2 Å². The van der Waals surface area contributed by atoms with E-state index < -0.39 is 18.1 Å². The standard InChI is InChI=1S/C29H29Cl2NO3/c30-22-14-10-19(11-15-22)18-26(20-12-16-23(31)17-13-20)29(35)32-28(34)25-9-5-4-8-24(25)27(33)21-6-2-1-3-7-21/h1-3,6-7,10-17,24-26,29,35H,4-5,8-9,18H2,(H,32,34). The van der Waals surface area contributed by atoms with Gasteiger partial charge in [-0.2, -0.15) is 0 Å². The molecule has 0 aliphatic heterocycles. The number of Topliss-reactive ketones (excluding diaryl/α,β-unsaturated/α-hetero) is 1. The van der Waals surface area contributed by atoms with Gasteiger partial charge in [0.15, 0.2) is 5.78 Å². The number of hydrogen-bond donors (Lipinski definition) is 2. The first-order chi connectivity index (χ1) is 16.9. The van der Waals surface area contributed by atoms with Crippen molar-refractivity contribution in [1.29, 1.82) is 0 Å². The van der Waals surface area contributed by atoms with Gasteiger partial charge < -0.3 is 10.4 Å². The van der Waals surface area contributed by atoms with Gasteiger partial charge in [0.1, 0.15) is 6.23 Å². The molecule has 0 heterocycles. The van der Waals surface area contributed by atoms with Gasteiger partial charge in [-0.1, -0.05) is 90.6 Å². The van der Waals surface area contributed by atoms with Crippen molar-refractivity contribution in [3.05, 3.63) is 106 Å². The highest BCUT2D eigenvalue weighted by atomic mass is 35.5. The minimum absolute atomic E-state index is 0.00430. The molecule has 1 aliphatic carbocycles. The monoisotopic (exact) mass is 509 g/mol. The Balaban J connectivity index is 1.53. The van der Waals surface area contributed by atoms with Gasteiger partial charge in [0.05, 0.1) is 0 Å². The maximum atomic E-state index is 13.4. The Kier molecular flexibility index (Phi) is 8.61. The number of aliphatic hydroxyl groups is 1. The molecule has 3 aromatic carbocycles. The number of carbonyl (C=O) groups excluding carboxylic acids is 2. The fraction of sp³-hybridized carbons (Fsp3) is 0.310. The summed E-state index contributed by atoms with van der Waals surface area (Å²) in [5.41, 5.74) is 2.47. The number of hydrogen-bond acceptors (Lipinski definition) is 3. The third-order valence-electron chi connectivity index (χ3n) is 6.84. The fourth-order valence-corrected chi connectivity index (χ4v) is 5.18. The van der Waals surface area contributed by atoms with Crippen molar-refractivity contribution in [2.45, 2.75) is 44.2 Å². The fourth-order valence-electron chi connectivity index (χ4n) is 4.92. The molecule has 1 fully saturated rings. The molecule has 182 valence electrons. The summed E-state index contributed by atoms with van der Waals surface area (Å²) in [5.74, 6) is -1.53. The predicted octanol–water partition coefficient (Wildman–Crippen LogP) is 6.44. The van der Waals surface area contributed by atoms with Gasteiger partial charge in [-0.15, -0.1) is 0 Å². The second kappa shape index (κ2) is 11.9. The summed E-state index contributed by atoms with van der Waals surface area (Å²) in [4.78, 5) is 26.6. The van der Waals surface area contributed by atoms with E-state index in [1.807, 2.05) is 54.6 Å². The van der Waals surface area contributed by atoms with Gasteiger partial charge in [-0.3, -0.25) is 9.59 Å². The Morgan fingerprint density at radius 3 is 2.03 bits per heavy atom. The van der Waals surface area contributed by atoms with E-state index in [2.05, 4.69) is 5.32 Å². The zero-order valence-electron chi connectivity index (χ0n) is 19.4. The summed E-state index contributed by atoms with van der Waals surface area (Å²) in [6.07, 6.45) is 2.47. The third-order valence-corrected chi connectivity index (χ3v) is 7.34. The normalized spacial score (nSPS) is 19.5. The summed E-state index contributed by atoms with van der Waals surface area (Å²) < 4.78 is 0. The van der Waals surface area contributed by atoms with Crippen molar-refractivity contribution in [3.8, 4) is 0 Å². The average molecular weight is 510 g/mol. The molecule has 0 saturated heterocycles. The van der Waals surface area contributed by atoms with Crippen molar-refractivity contribution >= 4 is 34.9 Å². The summed E-state index contributed by atoms with van der Waals surface area (Å²) >= 11 is 12.1. The summed E-state index contributed by atoms with van der Waals surface area (Å²) in [6.45, 7) is 0. The molecule has 4 atom stereocenters. The summed E-state index contributed by atoms with van der Waals surface area (Å²) in [7, 11) is 0. The number of nitrogens with one attached hydrogen (secondary N) is 1. The van der Waals surface area contributed by atoms with Crippen LogP contribution in [0, 0.1) is 11.8 Å². The Labute approximate surface area is 216 Å². The van der Waals surface area contributed by atoms with Crippen molar-refractivity contribution in [1.82, 2.24) is 5.32 Å². The number of halogens is 2. The highest BCUT2D eigenvalue weighted by Gasteiger charge is 2.37. The maximum Gasteiger partial charge on any atom is 0.225 e. The molecule has 0 aromatic heterocycles. The molecule has 6 heteroatoms. The first-order valence-electron chi connectivity index (χ1n) is 12.0. The lowest BCUT2D eigenvalue weighted by Crippen LogP contribution is -2.46. The molecule has 1 aliphatic rings. The number of rotatable bonds is 8. The first kappa shape index (κ1) is 25.4. The number of benzene rings is 3. The Morgan fingerprint density at radius 1 is 0.829 bits per heavy atom. The molecular formula is C29H29Cl2NO3. The van der Waals surface area contributed by atoms with E-state index in [-0.39, 0.29) is 17.6 Å². The van der Waals surface area contributed by atoms with Crippen LogP contribution in [0.2, 0.25) is 10.0 Å². The van der Waals surface area contributed by atoms with Crippen LogP contribution in [-0.2, 0) is 11.2 Å². The van der Waals surface area contributed by atoms with E-state index in [9.17, 15) is 14.7 Å². The van der Waals surface area contributed by atoms with E-state index in [0.29, 0.717) is 34.9 Å². The molecule has 4 nitrogen and oxygen atoms in total. The van der Waals surface area contributed by atoms with Crippen molar-refractivity contribution in [2.24, 2.45) is 11.8 Å². The van der Waals surface area contributed by atoms with Crippen LogP contribution in [0.15, 0.2) is 78.9 Å². The van der Waals surface area contributed by atoms with Gasteiger partial charge in [0.2, 0.25) is 5.91 Å². The van der Waals surface area contributed by atoms with Crippen LogP contribution in [0.25, 0.3) is 0 Å². The molecule has 2 N–H and O–H groups in total. The maximum absolute atomic E-state index is 13.4. The van der Waals surface area contributed by atoms with Gasteiger partial charge in [-0.05, 0) is 54.7 Å². The molecule has 35 heavy (non-hydrogen) atoms. The molecule has 0 spiro atoms. The zero-order valence-corrected chi connectivity index (χ0v) is 20.9. The van der Waals surface area contributed by atoms with Crippen LogP contribution < -0.4 is 5.32 Å². The number of ketones is 1. The van der Waals surface area contributed by atoms with Crippen molar-refractivity contribution < 1.29 is 14.7 Å². The number of carbonyl (C=O) groups is 2. The molecule has 1 saturated carbocycles. The van der Waals surface area contributed by atoms with E-state index in [4.69, 9.17) is 23.2 Å². The van der Waals surface area contributed by atoms with Crippen LogP contribution in [0.3, 0.4) is 0 Å². The molecule has 3 aromatic rings. The van der Waals surface area contributed by atoms with Crippen molar-refractivity contribution in [3.63, 3.8) is 0 Å². The minimum atomic E-state index is -1.13. The Morgan fingerprint density at radius 2 is 1.40 bits per heavy atom. The highest BCUT2D eigenvalue weighted by Crippen LogP contribution is 2.34. The van der Waals surface area contributed by atoms with Crippen LogP contribution in [0.5, 0.6) is 0 Å². The SMILES string of the molecule is O=C(NC(O)C(Cc1ccc(Cl)cc1)c1ccc(Cl)cc1)C1CCCCC1C(=O)c1ccccc1. The topological polar surface area (TPSA) is 66.4 Å². The Hall–Kier alpha value is -2.66. The molecule has 1 amide bonds. The lowest BCUT2D eigenvalue weighted by Gasteiger charge is -2.32. The second-order valence-corrected chi connectivity index (χ2v) is 10.0. The summed E-state index contributed by atoms with van der Waals surface area (Å²) in [5, 5.41) is 15.3. The highest BCUT2D eigenvalue weighted by molar-refractivity contribution is 6.30. The lowest BCUT2D eigenvalue weighted by atomic mass is 9.75. The van der Waals surface area contributed by atoms with Gasteiger partial charge in [0, 0.05) is 33.4 Å². The molecule has 4 unspecified atom stereocenters. The third kappa shape index (κ3) is 6.52. The first-order valence-corrected chi connectivity index (χ1v) is 12.8. The zero-order chi connectivity index (χ0) is 24.8. The quantitative estimate of drug-likeness (QED) is 0.271. The van der Waals surface area contributed by atoms with Crippen LogP contribution in [0.4, 0.5) is 0 Å². The van der Waals surface area contributed by atoms with Gasteiger partial charge >= 0.3 is 0 Å². The molecule has 0 bridgehead atoms. The van der Waals surface area contributed by atoms with Crippen LogP contribution in [-0.4, -0.2) is 23.0 Å². The van der Waals surface area contributed by atoms with E-state index in [1.165, 1.54) is 0 Å². The second-order valence-electron chi connectivity index (χ2n) is 9.17. The molecule has 0 radical (unpaired) electrons.